The van der Waals surface area contributed by atoms with Crippen LogP contribution in [-0.4, -0.2) is 58.0 Å². The highest BCUT2D eigenvalue weighted by molar-refractivity contribution is 6.07. The van der Waals surface area contributed by atoms with Crippen LogP contribution in [0.5, 0.6) is 0 Å². The summed E-state index contributed by atoms with van der Waals surface area (Å²) in [6, 6.07) is 2.34. The molecule has 0 bridgehead atoms. The normalized spacial score (nSPS) is 20.5. The van der Waals surface area contributed by atoms with Crippen LogP contribution in [0.1, 0.15) is 43.0 Å². The minimum atomic E-state index is -1.18. The Morgan fingerprint density at radius 3 is 2.56 bits per heavy atom. The van der Waals surface area contributed by atoms with Crippen molar-refractivity contribution in [1.82, 2.24) is 15.1 Å². The molecule has 3 rings (SSSR count). The van der Waals surface area contributed by atoms with Crippen molar-refractivity contribution in [2.24, 2.45) is 5.92 Å². The third kappa shape index (κ3) is 3.39. The van der Waals surface area contributed by atoms with Gasteiger partial charge in [-0.15, -0.1) is 0 Å². The van der Waals surface area contributed by atoms with Crippen LogP contribution in [0.2, 0.25) is 0 Å². The molecule has 0 saturated carbocycles. The molecule has 0 radical (unpaired) electrons. The molecule has 0 atom stereocenters. The molecule has 0 aromatic carbocycles. The highest BCUT2D eigenvalue weighted by atomic mass is 16.4. The molecule has 0 aliphatic carbocycles. The van der Waals surface area contributed by atoms with Gasteiger partial charge >= 0.3 is 12.0 Å². The molecule has 3 amide bonds. The van der Waals surface area contributed by atoms with Gasteiger partial charge in [0, 0.05) is 19.6 Å². The number of likely N-dealkylation sites (tertiary alicyclic amines) is 1. The van der Waals surface area contributed by atoms with Gasteiger partial charge in [0.1, 0.15) is 11.3 Å². The summed E-state index contributed by atoms with van der Waals surface area (Å²) in [6.45, 7) is 6.76. The van der Waals surface area contributed by atoms with Gasteiger partial charge in [-0.3, -0.25) is 9.69 Å². The maximum Gasteiger partial charge on any atom is 0.371 e. The lowest BCUT2D eigenvalue weighted by Crippen LogP contribution is -2.55. The van der Waals surface area contributed by atoms with Crippen molar-refractivity contribution in [3.63, 3.8) is 0 Å². The standard InChI is InChI=1S/C17H23N3O5/c1-11(2)9-19-7-5-17(6-8-19)15(23)20(16(24)18-17)10-12-3-4-13(25-12)14(21)22/h3-4,11H,5-10H2,1-2H3,(H,18,24)(H,21,22). The number of hydrogen-bond donors (Lipinski definition) is 2. The molecule has 8 nitrogen and oxygen atoms in total. The average Bonchev–Trinajstić information content (AvgIpc) is 3.09. The molecule has 0 unspecified atom stereocenters. The van der Waals surface area contributed by atoms with E-state index in [1.807, 2.05) is 0 Å². The Morgan fingerprint density at radius 1 is 1.32 bits per heavy atom. The molecule has 1 aromatic heterocycles. The van der Waals surface area contributed by atoms with Gasteiger partial charge in [0.2, 0.25) is 5.76 Å². The van der Waals surface area contributed by atoms with Crippen LogP contribution in [0.4, 0.5) is 4.79 Å². The highest BCUT2D eigenvalue weighted by Crippen LogP contribution is 2.30. The lowest BCUT2D eigenvalue weighted by atomic mass is 9.87. The summed E-state index contributed by atoms with van der Waals surface area (Å²) < 4.78 is 5.16. The van der Waals surface area contributed by atoms with Gasteiger partial charge in [-0.2, -0.15) is 0 Å². The quantitative estimate of drug-likeness (QED) is 0.781. The van der Waals surface area contributed by atoms with E-state index in [4.69, 9.17) is 9.52 Å². The van der Waals surface area contributed by atoms with Gasteiger partial charge in [0.15, 0.2) is 0 Å². The smallest absolute Gasteiger partial charge is 0.371 e. The molecule has 2 saturated heterocycles. The van der Waals surface area contributed by atoms with Crippen LogP contribution in [0, 0.1) is 5.92 Å². The molecule has 25 heavy (non-hydrogen) atoms. The van der Waals surface area contributed by atoms with Crippen LogP contribution in [0.3, 0.4) is 0 Å². The molecule has 136 valence electrons. The van der Waals surface area contributed by atoms with Crippen LogP contribution in [0.25, 0.3) is 0 Å². The number of nitrogens with zero attached hydrogens (tertiary/aromatic N) is 2. The summed E-state index contributed by atoms with van der Waals surface area (Å²) in [6.07, 6.45) is 1.17. The summed E-state index contributed by atoms with van der Waals surface area (Å²) in [5.74, 6) is -0.817. The van der Waals surface area contributed by atoms with E-state index in [1.54, 1.807) is 0 Å². The Morgan fingerprint density at radius 2 is 2.00 bits per heavy atom. The second kappa shape index (κ2) is 6.51. The van der Waals surface area contributed by atoms with E-state index in [9.17, 15) is 14.4 Å². The second-order valence-corrected chi connectivity index (χ2v) is 7.17. The van der Waals surface area contributed by atoms with Crippen LogP contribution in [-0.2, 0) is 11.3 Å². The second-order valence-electron chi connectivity index (χ2n) is 7.17. The molecular weight excluding hydrogens is 326 g/mol. The molecule has 3 heterocycles. The number of carbonyl (C=O) groups is 3. The average molecular weight is 349 g/mol. The third-order valence-electron chi connectivity index (χ3n) is 4.77. The summed E-state index contributed by atoms with van der Waals surface area (Å²) >= 11 is 0. The van der Waals surface area contributed by atoms with Gasteiger partial charge in [-0.05, 0) is 30.9 Å². The van der Waals surface area contributed by atoms with Crippen molar-refractivity contribution in [2.75, 3.05) is 19.6 Å². The Bertz CT molecular complexity index is 688. The monoisotopic (exact) mass is 349 g/mol. The molecule has 2 aliphatic heterocycles. The van der Waals surface area contributed by atoms with Gasteiger partial charge in [0.05, 0.1) is 6.54 Å². The maximum absolute atomic E-state index is 12.8. The van der Waals surface area contributed by atoms with E-state index in [1.165, 1.54) is 12.1 Å². The number of carbonyl (C=O) groups excluding carboxylic acids is 2. The summed E-state index contributed by atoms with van der Waals surface area (Å²) in [5, 5.41) is 11.7. The number of hydrogen-bond acceptors (Lipinski definition) is 5. The van der Waals surface area contributed by atoms with Gasteiger partial charge < -0.3 is 19.7 Å². The minimum absolute atomic E-state index is 0.0601. The van der Waals surface area contributed by atoms with Crippen LogP contribution >= 0.6 is 0 Å². The third-order valence-corrected chi connectivity index (χ3v) is 4.77. The van der Waals surface area contributed by atoms with Crippen LogP contribution in [0.15, 0.2) is 16.5 Å². The van der Waals surface area contributed by atoms with Crippen molar-refractivity contribution in [1.29, 1.82) is 0 Å². The van der Waals surface area contributed by atoms with E-state index in [0.717, 1.165) is 24.5 Å². The SMILES string of the molecule is CC(C)CN1CCC2(CC1)NC(=O)N(Cc1ccc(C(=O)O)o1)C2=O. The Hall–Kier alpha value is -2.35. The van der Waals surface area contributed by atoms with Gasteiger partial charge in [-0.25, -0.2) is 9.59 Å². The van der Waals surface area contributed by atoms with E-state index in [-0.39, 0.29) is 24.0 Å². The Labute approximate surface area is 145 Å². The molecule has 1 spiro atoms. The molecule has 2 N–H and O–H groups in total. The van der Waals surface area contributed by atoms with E-state index < -0.39 is 17.5 Å². The Kier molecular flexibility index (Phi) is 4.55. The Balaban J connectivity index is 1.67. The van der Waals surface area contributed by atoms with Crippen molar-refractivity contribution in [3.8, 4) is 0 Å². The lowest BCUT2D eigenvalue weighted by Gasteiger charge is -2.37. The number of rotatable bonds is 5. The number of carboxylic acid groups (broad SMARTS) is 1. The van der Waals surface area contributed by atoms with Crippen molar-refractivity contribution in [2.45, 2.75) is 38.8 Å². The van der Waals surface area contributed by atoms with Gasteiger partial charge in [0.25, 0.3) is 5.91 Å². The first kappa shape index (κ1) is 17.5. The van der Waals surface area contributed by atoms with E-state index in [0.29, 0.717) is 18.8 Å². The fourth-order valence-corrected chi connectivity index (χ4v) is 3.53. The number of carboxylic acids is 1. The molecule has 8 heteroatoms. The largest absolute Gasteiger partial charge is 0.475 e. The zero-order chi connectivity index (χ0) is 18.2. The van der Waals surface area contributed by atoms with E-state index in [2.05, 4.69) is 24.1 Å². The first-order valence-corrected chi connectivity index (χ1v) is 8.49. The maximum atomic E-state index is 12.8. The predicted molar refractivity (Wildman–Crippen MR) is 88.0 cm³/mol. The number of nitrogens with one attached hydrogen (secondary N) is 1. The van der Waals surface area contributed by atoms with Crippen molar-refractivity contribution < 1.29 is 23.9 Å². The number of aromatic carboxylic acids is 1. The summed E-state index contributed by atoms with van der Waals surface area (Å²) in [5.41, 5.74) is -0.840. The first-order valence-electron chi connectivity index (χ1n) is 8.49. The van der Waals surface area contributed by atoms with E-state index >= 15 is 0 Å². The predicted octanol–water partition coefficient (Wildman–Crippen LogP) is 1.52. The van der Waals surface area contributed by atoms with Gasteiger partial charge in [-0.1, -0.05) is 13.8 Å². The number of furan rings is 1. The zero-order valence-electron chi connectivity index (χ0n) is 14.4. The lowest BCUT2D eigenvalue weighted by molar-refractivity contribution is -0.133. The molecule has 2 aliphatic rings. The zero-order valence-corrected chi connectivity index (χ0v) is 14.4. The number of imide groups is 1. The molecule has 1 aromatic rings. The van der Waals surface area contributed by atoms with Crippen LogP contribution < -0.4 is 5.32 Å². The fourth-order valence-electron chi connectivity index (χ4n) is 3.53. The number of urea groups is 1. The fraction of sp³-hybridized carbons (Fsp3) is 0.588. The number of piperidine rings is 1. The minimum Gasteiger partial charge on any atom is -0.475 e. The topological polar surface area (TPSA) is 103 Å². The molecular formula is C17H23N3O5. The first-order chi connectivity index (χ1) is 11.8. The summed E-state index contributed by atoms with van der Waals surface area (Å²) in [7, 11) is 0. The van der Waals surface area contributed by atoms with Crippen molar-refractivity contribution in [3.05, 3.63) is 23.7 Å². The van der Waals surface area contributed by atoms with Crippen molar-refractivity contribution >= 4 is 17.9 Å². The summed E-state index contributed by atoms with van der Waals surface area (Å²) in [4.78, 5) is 39.4. The number of amides is 3. The highest BCUT2D eigenvalue weighted by Gasteiger charge is 2.52. The molecule has 2 fully saturated rings.